The Kier molecular flexibility index (Phi) is 2.92. The Morgan fingerprint density at radius 3 is 3.14 bits per heavy atom. The molecule has 3 aromatic rings. The summed E-state index contributed by atoms with van der Waals surface area (Å²) < 4.78 is 12.7. The Labute approximate surface area is 120 Å². The molecule has 0 amide bonds. The fourth-order valence-electron chi connectivity index (χ4n) is 2.60. The summed E-state index contributed by atoms with van der Waals surface area (Å²) in [7, 11) is 0. The van der Waals surface area contributed by atoms with Crippen LogP contribution in [0.5, 0.6) is 0 Å². The Balaban J connectivity index is 1.69. The lowest BCUT2D eigenvalue weighted by Crippen LogP contribution is -1.96. The quantitative estimate of drug-likeness (QED) is 0.735. The highest BCUT2D eigenvalue weighted by Crippen LogP contribution is 2.29. The summed E-state index contributed by atoms with van der Waals surface area (Å²) in [6.45, 7) is 3.59. The molecule has 7 nitrogen and oxygen atoms in total. The molecule has 108 valence electrons. The molecule has 1 atom stereocenters. The van der Waals surface area contributed by atoms with Gasteiger partial charge in [0.25, 0.3) is 5.89 Å². The minimum atomic E-state index is -0.0593. The number of aromatic nitrogens is 5. The van der Waals surface area contributed by atoms with Crippen molar-refractivity contribution in [3.8, 4) is 11.4 Å². The zero-order valence-corrected chi connectivity index (χ0v) is 11.7. The predicted octanol–water partition coefficient (Wildman–Crippen LogP) is 2.35. The molecule has 0 spiro atoms. The third-order valence-electron chi connectivity index (χ3n) is 3.72. The van der Waals surface area contributed by atoms with E-state index in [4.69, 9.17) is 9.26 Å². The second kappa shape index (κ2) is 4.92. The van der Waals surface area contributed by atoms with Gasteiger partial charge in [-0.25, -0.2) is 4.68 Å². The SMILES string of the molecule is CCn1nnc2cc(-c3noc(C4CCCO4)n3)ccc21. The van der Waals surface area contributed by atoms with Gasteiger partial charge in [-0.2, -0.15) is 4.98 Å². The van der Waals surface area contributed by atoms with Crippen molar-refractivity contribution in [1.29, 1.82) is 0 Å². The smallest absolute Gasteiger partial charge is 0.256 e. The van der Waals surface area contributed by atoms with Crippen molar-refractivity contribution < 1.29 is 9.26 Å². The number of fused-ring (bicyclic) bond motifs is 1. The summed E-state index contributed by atoms with van der Waals surface area (Å²) in [6.07, 6.45) is 1.91. The summed E-state index contributed by atoms with van der Waals surface area (Å²) in [5, 5.41) is 12.3. The normalized spacial score (nSPS) is 18.6. The molecule has 1 fully saturated rings. The minimum absolute atomic E-state index is 0.0593. The number of rotatable bonds is 3. The Morgan fingerprint density at radius 2 is 2.33 bits per heavy atom. The van der Waals surface area contributed by atoms with Crippen LogP contribution in [-0.4, -0.2) is 31.7 Å². The lowest BCUT2D eigenvalue weighted by atomic mass is 10.2. The first kappa shape index (κ1) is 12.5. The van der Waals surface area contributed by atoms with E-state index in [2.05, 4.69) is 20.5 Å². The van der Waals surface area contributed by atoms with E-state index in [1.807, 2.05) is 29.8 Å². The molecule has 0 radical (unpaired) electrons. The number of hydrogen-bond acceptors (Lipinski definition) is 6. The van der Waals surface area contributed by atoms with Crippen LogP contribution in [0.4, 0.5) is 0 Å². The molecule has 7 heteroatoms. The number of hydrogen-bond donors (Lipinski definition) is 0. The van der Waals surface area contributed by atoms with Crippen molar-refractivity contribution in [3.63, 3.8) is 0 Å². The van der Waals surface area contributed by atoms with Gasteiger partial charge < -0.3 is 9.26 Å². The van der Waals surface area contributed by atoms with E-state index in [1.54, 1.807) is 0 Å². The first-order valence-corrected chi connectivity index (χ1v) is 7.14. The van der Waals surface area contributed by atoms with Crippen LogP contribution in [0.2, 0.25) is 0 Å². The van der Waals surface area contributed by atoms with E-state index in [9.17, 15) is 0 Å². The number of ether oxygens (including phenoxy) is 1. The summed E-state index contributed by atoms with van der Waals surface area (Å²) in [4.78, 5) is 4.44. The molecule has 3 heterocycles. The van der Waals surface area contributed by atoms with Crippen molar-refractivity contribution in [2.75, 3.05) is 6.61 Å². The summed E-state index contributed by atoms with van der Waals surface area (Å²) in [5.74, 6) is 1.12. The first-order valence-electron chi connectivity index (χ1n) is 7.14. The minimum Gasteiger partial charge on any atom is -0.368 e. The number of benzene rings is 1. The fraction of sp³-hybridized carbons (Fsp3) is 0.429. The van der Waals surface area contributed by atoms with Gasteiger partial charge in [-0.3, -0.25) is 0 Å². The van der Waals surface area contributed by atoms with Crippen molar-refractivity contribution in [2.45, 2.75) is 32.4 Å². The average molecular weight is 285 g/mol. The Bertz CT molecular complexity index is 773. The van der Waals surface area contributed by atoms with Gasteiger partial charge >= 0.3 is 0 Å². The maximum Gasteiger partial charge on any atom is 0.256 e. The maximum atomic E-state index is 5.55. The maximum absolute atomic E-state index is 5.55. The van der Waals surface area contributed by atoms with Gasteiger partial charge in [-0.1, -0.05) is 10.4 Å². The van der Waals surface area contributed by atoms with Crippen LogP contribution >= 0.6 is 0 Å². The fourth-order valence-corrected chi connectivity index (χ4v) is 2.60. The third-order valence-corrected chi connectivity index (χ3v) is 3.72. The van der Waals surface area contributed by atoms with E-state index in [-0.39, 0.29) is 6.10 Å². The lowest BCUT2D eigenvalue weighted by Gasteiger charge is -2.00. The molecule has 1 unspecified atom stereocenters. The zero-order chi connectivity index (χ0) is 14.2. The molecule has 0 bridgehead atoms. The molecule has 1 aliphatic heterocycles. The molecular formula is C14H15N5O2. The number of aryl methyl sites for hydroxylation is 1. The van der Waals surface area contributed by atoms with Crippen molar-refractivity contribution in [1.82, 2.24) is 25.1 Å². The molecule has 2 aromatic heterocycles. The van der Waals surface area contributed by atoms with Crippen LogP contribution in [0.25, 0.3) is 22.4 Å². The van der Waals surface area contributed by atoms with E-state index in [0.29, 0.717) is 11.7 Å². The summed E-state index contributed by atoms with van der Waals surface area (Å²) >= 11 is 0. The van der Waals surface area contributed by atoms with Crippen molar-refractivity contribution in [3.05, 3.63) is 24.1 Å². The van der Waals surface area contributed by atoms with Gasteiger partial charge in [0.15, 0.2) is 0 Å². The van der Waals surface area contributed by atoms with Gasteiger partial charge in [-0.15, -0.1) is 5.10 Å². The summed E-state index contributed by atoms with van der Waals surface area (Å²) in [6, 6.07) is 5.87. The van der Waals surface area contributed by atoms with Crippen molar-refractivity contribution >= 4 is 11.0 Å². The Morgan fingerprint density at radius 1 is 1.38 bits per heavy atom. The van der Waals surface area contributed by atoms with Gasteiger partial charge in [0, 0.05) is 18.7 Å². The highest BCUT2D eigenvalue weighted by atomic mass is 16.5. The molecule has 0 N–H and O–H groups in total. The van der Waals surface area contributed by atoms with E-state index in [0.717, 1.165) is 42.6 Å². The van der Waals surface area contributed by atoms with Gasteiger partial charge in [0.2, 0.25) is 5.82 Å². The molecule has 21 heavy (non-hydrogen) atoms. The second-order valence-electron chi connectivity index (χ2n) is 5.07. The largest absolute Gasteiger partial charge is 0.368 e. The predicted molar refractivity (Wildman–Crippen MR) is 74.4 cm³/mol. The average Bonchev–Trinajstić information content (AvgIpc) is 3.25. The van der Waals surface area contributed by atoms with Crippen molar-refractivity contribution in [2.24, 2.45) is 0 Å². The van der Waals surface area contributed by atoms with Gasteiger partial charge in [0.1, 0.15) is 11.6 Å². The van der Waals surface area contributed by atoms with Crippen LogP contribution in [0.1, 0.15) is 31.8 Å². The van der Waals surface area contributed by atoms with E-state index < -0.39 is 0 Å². The topological polar surface area (TPSA) is 78.9 Å². The molecule has 1 aromatic carbocycles. The summed E-state index contributed by atoms with van der Waals surface area (Å²) in [5.41, 5.74) is 2.71. The van der Waals surface area contributed by atoms with Crippen LogP contribution in [-0.2, 0) is 11.3 Å². The van der Waals surface area contributed by atoms with Gasteiger partial charge in [-0.05, 0) is 38.0 Å². The standard InChI is InChI=1S/C14H15N5O2/c1-2-19-11-6-5-9(8-10(11)16-18-19)13-15-14(21-17-13)12-4-3-7-20-12/h5-6,8,12H,2-4,7H2,1H3. The monoisotopic (exact) mass is 285 g/mol. The molecule has 0 saturated carbocycles. The Hall–Kier alpha value is -2.28. The first-order chi connectivity index (χ1) is 10.3. The zero-order valence-electron chi connectivity index (χ0n) is 11.7. The number of nitrogens with zero attached hydrogens (tertiary/aromatic N) is 5. The van der Waals surface area contributed by atoms with E-state index >= 15 is 0 Å². The van der Waals surface area contributed by atoms with Crippen LogP contribution in [0.15, 0.2) is 22.7 Å². The molecule has 0 aliphatic carbocycles. The highest BCUT2D eigenvalue weighted by Gasteiger charge is 2.24. The van der Waals surface area contributed by atoms with Crippen LogP contribution in [0.3, 0.4) is 0 Å². The molecule has 4 rings (SSSR count). The molecular weight excluding hydrogens is 270 g/mol. The van der Waals surface area contributed by atoms with Gasteiger partial charge in [0.05, 0.1) is 5.52 Å². The van der Waals surface area contributed by atoms with E-state index in [1.165, 1.54) is 0 Å². The third kappa shape index (κ3) is 2.09. The lowest BCUT2D eigenvalue weighted by molar-refractivity contribution is 0.0835. The second-order valence-corrected chi connectivity index (χ2v) is 5.07. The molecule has 1 saturated heterocycles. The van der Waals surface area contributed by atoms with Crippen LogP contribution in [0, 0.1) is 0 Å². The molecule has 1 aliphatic rings. The highest BCUT2D eigenvalue weighted by molar-refractivity contribution is 5.79. The van der Waals surface area contributed by atoms with Crippen LogP contribution < -0.4 is 0 Å².